The second-order valence-electron chi connectivity index (χ2n) is 7.41. The number of benzene rings is 1. The predicted octanol–water partition coefficient (Wildman–Crippen LogP) is 3.74. The fraction of sp³-hybridized carbons (Fsp3) is 0.217. The maximum atomic E-state index is 12.9. The van der Waals surface area contributed by atoms with Gasteiger partial charge in [-0.3, -0.25) is 9.78 Å². The number of hydrogen-bond donors (Lipinski definition) is 0. The second kappa shape index (κ2) is 6.68. The van der Waals surface area contributed by atoms with Gasteiger partial charge in [0.2, 0.25) is 0 Å². The van der Waals surface area contributed by atoms with Crippen molar-refractivity contribution < 1.29 is 4.79 Å². The van der Waals surface area contributed by atoms with Crippen LogP contribution in [0.25, 0.3) is 17.5 Å². The Bertz CT molecular complexity index is 1040. The lowest BCUT2D eigenvalue weighted by Crippen LogP contribution is -2.44. The van der Waals surface area contributed by atoms with Crippen molar-refractivity contribution in [1.82, 2.24) is 19.9 Å². The molecule has 1 amide bonds. The molecule has 1 aromatic carbocycles. The number of aromatic nitrogens is 3. The Balaban J connectivity index is 1.30. The molecule has 3 heterocycles. The molecule has 0 radical (unpaired) electrons. The molecule has 1 aliphatic heterocycles. The third-order valence-corrected chi connectivity index (χ3v) is 5.84. The zero-order valence-electron chi connectivity index (χ0n) is 15.5. The number of allylic oxidation sites excluding steroid dienone is 1. The van der Waals surface area contributed by atoms with E-state index in [0.29, 0.717) is 11.4 Å². The third kappa shape index (κ3) is 2.80. The minimum atomic E-state index is 0.00264. The van der Waals surface area contributed by atoms with Crippen LogP contribution >= 0.6 is 0 Å². The van der Waals surface area contributed by atoms with E-state index < -0.39 is 0 Å². The fourth-order valence-electron chi connectivity index (χ4n) is 4.24. The number of carbonyl (C=O) groups excluding carboxylic acids is 1. The first-order chi connectivity index (χ1) is 13.8. The maximum absolute atomic E-state index is 12.9. The number of pyridine rings is 1. The highest BCUT2D eigenvalue weighted by molar-refractivity contribution is 5.94. The molecule has 3 aromatic rings. The summed E-state index contributed by atoms with van der Waals surface area (Å²) in [5.74, 6) is 0.581. The lowest BCUT2D eigenvalue weighted by atomic mass is 9.74. The van der Waals surface area contributed by atoms with Crippen molar-refractivity contribution in [3.8, 4) is 11.4 Å². The Labute approximate surface area is 163 Å². The van der Waals surface area contributed by atoms with Gasteiger partial charge in [0.1, 0.15) is 0 Å². The van der Waals surface area contributed by atoms with Crippen LogP contribution in [0.3, 0.4) is 0 Å². The molecule has 0 bridgehead atoms. The standard InChI is InChI=1S/C23H20N4O/c28-22(19-15-25-21(26-16-19)18-5-3-11-24-14-18)27-12-9-23(10-13-27)8-7-17-4-1-2-6-20(17)23/h1-8,11,14-16H,9-10,12-13H2. The van der Waals surface area contributed by atoms with E-state index in [1.807, 2.05) is 17.0 Å². The van der Waals surface area contributed by atoms with E-state index in [0.717, 1.165) is 31.5 Å². The Morgan fingerprint density at radius 3 is 2.50 bits per heavy atom. The first kappa shape index (κ1) is 16.8. The van der Waals surface area contributed by atoms with Crippen molar-refractivity contribution in [2.75, 3.05) is 13.1 Å². The minimum absolute atomic E-state index is 0.00264. The van der Waals surface area contributed by atoms with E-state index >= 15 is 0 Å². The van der Waals surface area contributed by atoms with E-state index in [9.17, 15) is 4.79 Å². The summed E-state index contributed by atoms with van der Waals surface area (Å²) in [6.07, 6.45) is 13.1. The van der Waals surface area contributed by atoms with Gasteiger partial charge >= 0.3 is 0 Å². The molecule has 5 heteroatoms. The smallest absolute Gasteiger partial charge is 0.256 e. The number of rotatable bonds is 2. The van der Waals surface area contributed by atoms with Crippen LogP contribution < -0.4 is 0 Å². The van der Waals surface area contributed by atoms with Gasteiger partial charge in [-0.05, 0) is 36.1 Å². The van der Waals surface area contributed by atoms with E-state index in [1.165, 1.54) is 11.1 Å². The summed E-state index contributed by atoms with van der Waals surface area (Å²) in [5, 5.41) is 0. The van der Waals surface area contributed by atoms with Crippen LogP contribution in [0.4, 0.5) is 0 Å². The zero-order chi connectivity index (χ0) is 19.0. The van der Waals surface area contributed by atoms with E-state index in [1.54, 1.807) is 24.8 Å². The molecule has 1 spiro atoms. The molecule has 0 saturated carbocycles. The monoisotopic (exact) mass is 368 g/mol. The van der Waals surface area contributed by atoms with Crippen LogP contribution in [0.2, 0.25) is 0 Å². The van der Waals surface area contributed by atoms with E-state index in [2.05, 4.69) is 51.4 Å². The molecule has 0 atom stereocenters. The summed E-state index contributed by atoms with van der Waals surface area (Å²) in [4.78, 5) is 27.6. The topological polar surface area (TPSA) is 59.0 Å². The molecule has 1 saturated heterocycles. The van der Waals surface area contributed by atoms with Gasteiger partial charge in [-0.2, -0.15) is 0 Å². The van der Waals surface area contributed by atoms with Gasteiger partial charge in [-0.1, -0.05) is 36.4 Å². The van der Waals surface area contributed by atoms with Crippen molar-refractivity contribution in [3.05, 3.63) is 84.0 Å². The molecule has 2 aromatic heterocycles. The first-order valence-corrected chi connectivity index (χ1v) is 9.56. The summed E-state index contributed by atoms with van der Waals surface area (Å²) in [6.45, 7) is 1.48. The van der Waals surface area contributed by atoms with Crippen LogP contribution in [0.1, 0.15) is 34.3 Å². The molecule has 1 aliphatic carbocycles. The van der Waals surface area contributed by atoms with Crippen LogP contribution in [-0.4, -0.2) is 38.8 Å². The summed E-state index contributed by atoms with van der Waals surface area (Å²) in [7, 11) is 0. The second-order valence-corrected chi connectivity index (χ2v) is 7.41. The first-order valence-electron chi connectivity index (χ1n) is 9.56. The Hall–Kier alpha value is -3.34. The van der Waals surface area contributed by atoms with Gasteiger partial charge in [-0.15, -0.1) is 0 Å². The number of nitrogens with zero attached hydrogens (tertiary/aromatic N) is 4. The van der Waals surface area contributed by atoms with Gasteiger partial charge in [0, 0.05) is 48.9 Å². The SMILES string of the molecule is O=C(c1cnc(-c2cccnc2)nc1)N1CCC2(C=Cc3ccccc32)CC1. The normalized spacial score (nSPS) is 16.9. The number of amides is 1. The lowest BCUT2D eigenvalue weighted by Gasteiger charge is -2.39. The minimum Gasteiger partial charge on any atom is -0.338 e. The van der Waals surface area contributed by atoms with Crippen molar-refractivity contribution in [1.29, 1.82) is 0 Å². The molecule has 5 rings (SSSR count). The Morgan fingerprint density at radius 2 is 1.75 bits per heavy atom. The number of carbonyl (C=O) groups is 1. The molecular weight excluding hydrogens is 348 g/mol. The largest absolute Gasteiger partial charge is 0.338 e. The van der Waals surface area contributed by atoms with Crippen LogP contribution in [-0.2, 0) is 5.41 Å². The quantitative estimate of drug-likeness (QED) is 0.691. The Kier molecular flexibility index (Phi) is 4.01. The predicted molar refractivity (Wildman–Crippen MR) is 108 cm³/mol. The van der Waals surface area contributed by atoms with Gasteiger partial charge < -0.3 is 4.90 Å². The molecular formula is C23H20N4O. The zero-order valence-corrected chi connectivity index (χ0v) is 15.5. The number of likely N-dealkylation sites (tertiary alicyclic amines) is 1. The van der Waals surface area contributed by atoms with Crippen LogP contribution in [0.5, 0.6) is 0 Å². The molecule has 28 heavy (non-hydrogen) atoms. The average Bonchev–Trinajstić information content (AvgIpc) is 3.13. The molecule has 1 fully saturated rings. The van der Waals surface area contributed by atoms with Crippen molar-refractivity contribution in [2.24, 2.45) is 0 Å². The highest BCUT2D eigenvalue weighted by Crippen LogP contribution is 2.43. The lowest BCUT2D eigenvalue weighted by molar-refractivity contribution is 0.0689. The number of hydrogen-bond acceptors (Lipinski definition) is 4. The van der Waals surface area contributed by atoms with E-state index in [4.69, 9.17) is 0 Å². The molecule has 2 aliphatic rings. The van der Waals surface area contributed by atoms with Crippen LogP contribution in [0, 0.1) is 0 Å². The molecule has 0 unspecified atom stereocenters. The van der Waals surface area contributed by atoms with Gasteiger partial charge in [-0.25, -0.2) is 9.97 Å². The summed E-state index contributed by atoms with van der Waals surface area (Å²) in [5.41, 5.74) is 4.15. The number of piperidine rings is 1. The maximum Gasteiger partial charge on any atom is 0.256 e. The van der Waals surface area contributed by atoms with Crippen molar-refractivity contribution in [2.45, 2.75) is 18.3 Å². The molecule has 0 N–H and O–H groups in total. The highest BCUT2D eigenvalue weighted by Gasteiger charge is 2.39. The summed E-state index contributed by atoms with van der Waals surface area (Å²) >= 11 is 0. The van der Waals surface area contributed by atoms with Gasteiger partial charge in [0.15, 0.2) is 5.82 Å². The molecule has 5 nitrogen and oxygen atoms in total. The number of fused-ring (bicyclic) bond motifs is 2. The third-order valence-electron chi connectivity index (χ3n) is 5.84. The molecule has 138 valence electrons. The van der Waals surface area contributed by atoms with Gasteiger partial charge in [0.05, 0.1) is 5.56 Å². The summed E-state index contributed by atoms with van der Waals surface area (Å²) < 4.78 is 0. The summed E-state index contributed by atoms with van der Waals surface area (Å²) in [6, 6.07) is 12.3. The van der Waals surface area contributed by atoms with Crippen LogP contribution in [0.15, 0.2) is 67.3 Å². The van der Waals surface area contributed by atoms with Gasteiger partial charge in [0.25, 0.3) is 5.91 Å². The Morgan fingerprint density at radius 1 is 0.964 bits per heavy atom. The average molecular weight is 368 g/mol. The van der Waals surface area contributed by atoms with Crippen molar-refractivity contribution in [3.63, 3.8) is 0 Å². The fourth-order valence-corrected chi connectivity index (χ4v) is 4.24. The van der Waals surface area contributed by atoms with E-state index in [-0.39, 0.29) is 11.3 Å². The highest BCUT2D eigenvalue weighted by atomic mass is 16.2. The van der Waals surface area contributed by atoms with Crippen molar-refractivity contribution >= 4 is 12.0 Å².